The maximum atomic E-state index is 13.0. The van der Waals surface area contributed by atoms with Crippen molar-refractivity contribution >= 4 is 0 Å². The highest BCUT2D eigenvalue weighted by Gasteiger charge is 2.08. The highest BCUT2D eigenvalue weighted by molar-refractivity contribution is 5.38. The minimum Gasteiger partial charge on any atom is -0.384 e. The van der Waals surface area contributed by atoms with Gasteiger partial charge in [-0.25, -0.2) is 8.78 Å². The lowest BCUT2D eigenvalue weighted by Gasteiger charge is -1.98. The van der Waals surface area contributed by atoms with Crippen molar-refractivity contribution in [2.75, 3.05) is 6.61 Å². The molecule has 0 aliphatic rings. The number of benzene rings is 1. The molecule has 0 aliphatic heterocycles. The van der Waals surface area contributed by atoms with Crippen LogP contribution in [-0.2, 0) is 0 Å². The fourth-order valence-electron chi connectivity index (χ4n) is 0.877. The van der Waals surface area contributed by atoms with Crippen molar-refractivity contribution in [3.8, 4) is 11.8 Å². The summed E-state index contributed by atoms with van der Waals surface area (Å²) in [6, 6.07) is 2.83. The Labute approximate surface area is 75.0 Å². The van der Waals surface area contributed by atoms with E-state index in [1.807, 2.05) is 0 Å². The molecule has 0 unspecified atom stereocenters. The zero-order chi connectivity index (χ0) is 9.84. The van der Waals surface area contributed by atoms with E-state index in [4.69, 9.17) is 5.11 Å². The highest BCUT2D eigenvalue weighted by atomic mass is 19.2. The zero-order valence-electron chi connectivity index (χ0n) is 7.06. The molecule has 0 heterocycles. The molecule has 13 heavy (non-hydrogen) atoms. The van der Waals surface area contributed by atoms with Gasteiger partial charge in [0.05, 0.1) is 5.56 Å². The minimum absolute atomic E-state index is 0.0304. The smallest absolute Gasteiger partial charge is 0.174 e. The third-order valence-corrected chi connectivity index (χ3v) is 1.58. The second kappa shape index (κ2) is 4.01. The summed E-state index contributed by atoms with van der Waals surface area (Å²) in [5, 5.41) is 8.35. The van der Waals surface area contributed by atoms with Gasteiger partial charge in [0, 0.05) is 0 Å². The Balaban J connectivity index is 3.18. The third-order valence-electron chi connectivity index (χ3n) is 1.58. The van der Waals surface area contributed by atoms with Crippen LogP contribution in [0.3, 0.4) is 0 Å². The Morgan fingerprint density at radius 1 is 1.31 bits per heavy atom. The van der Waals surface area contributed by atoms with E-state index in [0.29, 0.717) is 0 Å². The second-order valence-electron chi connectivity index (χ2n) is 2.52. The van der Waals surface area contributed by atoms with Gasteiger partial charge in [-0.05, 0) is 18.6 Å². The van der Waals surface area contributed by atoms with Crippen LogP contribution in [0.2, 0.25) is 0 Å². The predicted octanol–water partition coefficient (Wildman–Crippen LogP) is 1.62. The molecule has 1 nitrogen and oxygen atoms in total. The number of aliphatic hydroxyl groups is 1. The van der Waals surface area contributed by atoms with Gasteiger partial charge in [0.2, 0.25) is 0 Å². The molecule has 0 aromatic heterocycles. The molecule has 1 rings (SSSR count). The molecule has 0 atom stereocenters. The number of aliphatic hydroxyl groups excluding tert-OH is 1. The van der Waals surface area contributed by atoms with E-state index in [0.717, 1.165) is 0 Å². The van der Waals surface area contributed by atoms with Crippen LogP contribution in [-0.4, -0.2) is 11.7 Å². The fourth-order valence-corrected chi connectivity index (χ4v) is 0.877. The van der Waals surface area contributed by atoms with Crippen LogP contribution < -0.4 is 0 Å². The van der Waals surface area contributed by atoms with Gasteiger partial charge < -0.3 is 5.11 Å². The van der Waals surface area contributed by atoms with Crippen molar-refractivity contribution in [2.45, 2.75) is 6.92 Å². The Kier molecular flexibility index (Phi) is 2.99. The summed E-state index contributed by atoms with van der Waals surface area (Å²) in [5.74, 6) is 2.72. The molecular weight excluding hydrogens is 174 g/mol. The monoisotopic (exact) mass is 182 g/mol. The fraction of sp³-hybridized carbons (Fsp3) is 0.200. The van der Waals surface area contributed by atoms with Gasteiger partial charge in [0.15, 0.2) is 11.6 Å². The molecule has 0 radical (unpaired) electrons. The van der Waals surface area contributed by atoms with Gasteiger partial charge in [-0.15, -0.1) is 0 Å². The number of hydrogen-bond acceptors (Lipinski definition) is 1. The molecule has 1 aromatic carbocycles. The zero-order valence-corrected chi connectivity index (χ0v) is 7.06. The van der Waals surface area contributed by atoms with Crippen LogP contribution in [0.15, 0.2) is 12.1 Å². The first-order chi connectivity index (χ1) is 6.16. The van der Waals surface area contributed by atoms with Gasteiger partial charge in [-0.3, -0.25) is 0 Å². The molecule has 3 heteroatoms. The van der Waals surface area contributed by atoms with Crippen molar-refractivity contribution in [1.29, 1.82) is 0 Å². The number of hydrogen-bond donors (Lipinski definition) is 1. The van der Waals surface area contributed by atoms with Gasteiger partial charge in [-0.1, -0.05) is 17.9 Å². The lowest BCUT2D eigenvalue weighted by atomic mass is 10.1. The van der Waals surface area contributed by atoms with Crippen molar-refractivity contribution in [1.82, 2.24) is 0 Å². The predicted molar refractivity (Wildman–Crippen MR) is 45.1 cm³/mol. The van der Waals surface area contributed by atoms with E-state index in [1.165, 1.54) is 19.1 Å². The molecule has 0 saturated heterocycles. The Morgan fingerprint density at radius 2 is 2.00 bits per heavy atom. The van der Waals surface area contributed by atoms with Gasteiger partial charge in [-0.2, -0.15) is 0 Å². The van der Waals surface area contributed by atoms with Crippen molar-refractivity contribution < 1.29 is 13.9 Å². The van der Waals surface area contributed by atoms with Gasteiger partial charge >= 0.3 is 0 Å². The number of aryl methyl sites for hydroxylation is 1. The lowest BCUT2D eigenvalue weighted by molar-refractivity contribution is 0.350. The standard InChI is InChI=1S/C10H8F2O/c1-7-4-5-8(3-2-6-13)10(12)9(7)11/h4-5,13H,6H2,1H3. The number of rotatable bonds is 0. The van der Waals surface area contributed by atoms with Crippen molar-refractivity contribution in [3.63, 3.8) is 0 Å². The van der Waals surface area contributed by atoms with Crippen LogP contribution in [0.5, 0.6) is 0 Å². The molecular formula is C10H8F2O. The summed E-state index contributed by atoms with van der Waals surface area (Å²) in [6.07, 6.45) is 0. The lowest BCUT2D eigenvalue weighted by Crippen LogP contribution is -1.93. The molecule has 0 spiro atoms. The molecule has 0 bridgehead atoms. The van der Waals surface area contributed by atoms with Crippen LogP contribution in [0.1, 0.15) is 11.1 Å². The molecule has 0 saturated carbocycles. The first kappa shape index (κ1) is 9.69. The Bertz CT molecular complexity index is 374. The van der Waals surface area contributed by atoms with E-state index in [9.17, 15) is 8.78 Å². The Hall–Kier alpha value is -1.40. The molecule has 68 valence electrons. The van der Waals surface area contributed by atoms with Crippen LogP contribution in [0, 0.1) is 30.4 Å². The van der Waals surface area contributed by atoms with Crippen molar-refractivity contribution in [3.05, 3.63) is 34.9 Å². The molecule has 0 fully saturated rings. The molecule has 1 aromatic rings. The van der Waals surface area contributed by atoms with E-state index in [2.05, 4.69) is 11.8 Å². The summed E-state index contributed by atoms with van der Waals surface area (Å²) in [6.45, 7) is 1.11. The third kappa shape index (κ3) is 2.04. The van der Waals surface area contributed by atoms with Gasteiger partial charge in [0.25, 0.3) is 0 Å². The maximum absolute atomic E-state index is 13.0. The molecule has 0 aliphatic carbocycles. The number of halogens is 2. The quantitative estimate of drug-likeness (QED) is 0.604. The largest absolute Gasteiger partial charge is 0.384 e. The normalized spacial score (nSPS) is 9.23. The van der Waals surface area contributed by atoms with Crippen LogP contribution >= 0.6 is 0 Å². The van der Waals surface area contributed by atoms with E-state index >= 15 is 0 Å². The SMILES string of the molecule is Cc1ccc(C#CCO)c(F)c1F. The average molecular weight is 182 g/mol. The average Bonchev–Trinajstić information content (AvgIpc) is 2.13. The Morgan fingerprint density at radius 3 is 2.62 bits per heavy atom. The maximum Gasteiger partial charge on any atom is 0.174 e. The summed E-state index contributed by atoms with van der Waals surface area (Å²) >= 11 is 0. The van der Waals surface area contributed by atoms with E-state index in [-0.39, 0.29) is 17.7 Å². The second-order valence-corrected chi connectivity index (χ2v) is 2.52. The first-order valence-electron chi connectivity index (χ1n) is 3.71. The minimum atomic E-state index is -0.957. The van der Waals surface area contributed by atoms with Crippen LogP contribution in [0.4, 0.5) is 8.78 Å². The summed E-state index contributed by atoms with van der Waals surface area (Å²) in [5.41, 5.74) is 0.212. The first-order valence-corrected chi connectivity index (χ1v) is 3.71. The van der Waals surface area contributed by atoms with Gasteiger partial charge in [0.1, 0.15) is 6.61 Å². The summed E-state index contributed by atoms with van der Waals surface area (Å²) in [4.78, 5) is 0. The topological polar surface area (TPSA) is 20.2 Å². The van der Waals surface area contributed by atoms with E-state index < -0.39 is 11.6 Å². The molecule has 0 amide bonds. The highest BCUT2D eigenvalue weighted by Crippen LogP contribution is 2.14. The summed E-state index contributed by atoms with van der Waals surface area (Å²) in [7, 11) is 0. The summed E-state index contributed by atoms with van der Waals surface area (Å²) < 4.78 is 25.9. The molecule has 1 N–H and O–H groups in total. The van der Waals surface area contributed by atoms with Crippen molar-refractivity contribution in [2.24, 2.45) is 0 Å². The van der Waals surface area contributed by atoms with E-state index in [1.54, 1.807) is 0 Å². The van der Waals surface area contributed by atoms with Crippen LogP contribution in [0.25, 0.3) is 0 Å².